The molecule has 13 heteroatoms. The summed E-state index contributed by atoms with van der Waals surface area (Å²) in [4.78, 5) is 33.3. The normalized spacial score (nSPS) is 24.7. The van der Waals surface area contributed by atoms with Crippen molar-refractivity contribution in [3.8, 4) is 5.75 Å². The van der Waals surface area contributed by atoms with E-state index in [9.17, 15) is 22.8 Å². The van der Waals surface area contributed by atoms with Crippen LogP contribution in [0.3, 0.4) is 0 Å². The highest BCUT2D eigenvalue weighted by atomic mass is 19.4. The molecule has 10 nitrogen and oxygen atoms in total. The first-order valence-corrected chi connectivity index (χ1v) is 15.3. The van der Waals surface area contributed by atoms with E-state index in [-0.39, 0.29) is 34.6 Å². The molecule has 0 spiro atoms. The quantitative estimate of drug-likeness (QED) is 0.196. The van der Waals surface area contributed by atoms with Crippen LogP contribution in [0, 0.1) is 30.1 Å². The number of aryl methyl sites for hydroxylation is 1. The summed E-state index contributed by atoms with van der Waals surface area (Å²) in [7, 11) is 4.42. The van der Waals surface area contributed by atoms with Crippen LogP contribution in [0.5, 0.6) is 5.75 Å². The lowest BCUT2D eigenvalue weighted by Crippen LogP contribution is -2.58. The number of anilines is 5. The van der Waals surface area contributed by atoms with Crippen molar-refractivity contribution in [2.45, 2.75) is 51.2 Å². The zero-order chi connectivity index (χ0) is 32.8. The fourth-order valence-corrected chi connectivity index (χ4v) is 7.94. The molecule has 1 heterocycles. The second-order valence-electron chi connectivity index (χ2n) is 12.6. The summed E-state index contributed by atoms with van der Waals surface area (Å²) in [6.07, 6.45) is 0.654. The van der Waals surface area contributed by atoms with E-state index in [1.54, 1.807) is 25.1 Å². The number of methoxy groups -OCH3 is 2. The van der Waals surface area contributed by atoms with Crippen molar-refractivity contribution in [1.82, 2.24) is 15.3 Å². The van der Waals surface area contributed by atoms with E-state index < -0.39 is 23.5 Å². The number of alkyl halides is 3. The third-order valence-corrected chi connectivity index (χ3v) is 9.75. The van der Waals surface area contributed by atoms with Crippen LogP contribution >= 0.6 is 0 Å². The number of para-hydroxylation sites is 1. The first-order valence-electron chi connectivity index (χ1n) is 15.3. The number of halogens is 3. The molecule has 0 saturated heterocycles. The molecule has 46 heavy (non-hydrogen) atoms. The number of hydrogen-bond donors (Lipinski definition) is 4. The molecule has 4 aliphatic carbocycles. The maximum absolute atomic E-state index is 14.0. The number of aromatic nitrogens is 2. The van der Waals surface area contributed by atoms with Crippen LogP contribution in [-0.2, 0) is 15.7 Å². The summed E-state index contributed by atoms with van der Waals surface area (Å²) in [5, 5.41) is 11.9. The Hall–Kier alpha value is -4.55. The summed E-state index contributed by atoms with van der Waals surface area (Å²) >= 11 is 0. The standard InChI is InChI=1S/C33H37F3N6O4/c1-17-6-5-7-22(29(43)37-2)26(17)41-28-23(33(34,35)36)16-38-31(42-28)40-24-9-8-21(12-25(24)45-3)39-27-19-10-18-11-20(27)15-32(13-18,14-19)30(44)46-4/h5-9,12,16,18-20,27,39H,10-11,13-15H2,1-4H3,(H,37,43)(H2,38,40,41,42). The highest BCUT2D eigenvalue weighted by molar-refractivity contribution is 6.00. The van der Waals surface area contributed by atoms with Crippen LogP contribution in [-0.4, -0.2) is 49.2 Å². The van der Waals surface area contributed by atoms with Crippen LogP contribution in [0.4, 0.5) is 42.0 Å². The number of rotatable bonds is 9. The monoisotopic (exact) mass is 638 g/mol. The van der Waals surface area contributed by atoms with Crippen molar-refractivity contribution >= 4 is 40.7 Å². The molecule has 244 valence electrons. The number of amides is 1. The molecule has 2 atom stereocenters. The number of benzene rings is 2. The molecule has 3 aromatic rings. The predicted octanol–water partition coefficient (Wildman–Crippen LogP) is 6.44. The lowest BCUT2D eigenvalue weighted by molar-refractivity contribution is -0.169. The van der Waals surface area contributed by atoms with Crippen LogP contribution < -0.4 is 26.0 Å². The van der Waals surface area contributed by atoms with Gasteiger partial charge in [0.25, 0.3) is 5.91 Å². The van der Waals surface area contributed by atoms with Gasteiger partial charge in [-0.3, -0.25) is 9.59 Å². The number of nitrogens with one attached hydrogen (secondary N) is 4. The topological polar surface area (TPSA) is 127 Å². The third kappa shape index (κ3) is 5.78. The molecule has 1 amide bonds. The minimum Gasteiger partial charge on any atom is -0.494 e. The first kappa shape index (κ1) is 31.4. The van der Waals surface area contributed by atoms with E-state index in [4.69, 9.17) is 9.47 Å². The smallest absolute Gasteiger partial charge is 0.421 e. The maximum Gasteiger partial charge on any atom is 0.421 e. The van der Waals surface area contributed by atoms with Crippen molar-refractivity contribution in [3.05, 3.63) is 59.3 Å². The molecule has 4 aliphatic rings. The van der Waals surface area contributed by atoms with Crippen molar-refractivity contribution in [2.24, 2.45) is 23.2 Å². The van der Waals surface area contributed by atoms with Crippen LogP contribution in [0.2, 0.25) is 0 Å². The molecule has 4 saturated carbocycles. The van der Waals surface area contributed by atoms with Gasteiger partial charge in [0.15, 0.2) is 0 Å². The average Bonchev–Trinajstić information content (AvgIpc) is 3.02. The summed E-state index contributed by atoms with van der Waals surface area (Å²) in [5.74, 6) is 0.556. The minimum absolute atomic E-state index is 0.0860. The van der Waals surface area contributed by atoms with Crippen molar-refractivity contribution < 1.29 is 32.2 Å². The second-order valence-corrected chi connectivity index (χ2v) is 12.6. The average molecular weight is 639 g/mol. The summed E-state index contributed by atoms with van der Waals surface area (Å²) < 4.78 is 52.9. The van der Waals surface area contributed by atoms with Crippen LogP contribution in [0.15, 0.2) is 42.6 Å². The van der Waals surface area contributed by atoms with Gasteiger partial charge in [-0.15, -0.1) is 0 Å². The fraction of sp³-hybridized carbons (Fsp3) is 0.455. The second kappa shape index (κ2) is 12.0. The Kier molecular flexibility index (Phi) is 8.20. The molecule has 2 unspecified atom stereocenters. The van der Waals surface area contributed by atoms with E-state index >= 15 is 0 Å². The minimum atomic E-state index is -4.75. The van der Waals surface area contributed by atoms with Crippen molar-refractivity contribution in [3.63, 3.8) is 0 Å². The molecule has 7 rings (SSSR count). The van der Waals surface area contributed by atoms with Crippen molar-refractivity contribution in [2.75, 3.05) is 37.2 Å². The van der Waals surface area contributed by atoms with Gasteiger partial charge in [0.05, 0.1) is 36.6 Å². The number of ether oxygens (including phenoxy) is 2. The van der Waals surface area contributed by atoms with Crippen molar-refractivity contribution in [1.29, 1.82) is 0 Å². The molecule has 0 radical (unpaired) electrons. The number of hydrogen-bond acceptors (Lipinski definition) is 9. The van der Waals surface area contributed by atoms with E-state index in [0.29, 0.717) is 41.0 Å². The Balaban J connectivity index is 1.24. The predicted molar refractivity (Wildman–Crippen MR) is 167 cm³/mol. The van der Waals surface area contributed by atoms with E-state index in [0.717, 1.165) is 37.8 Å². The maximum atomic E-state index is 14.0. The van der Waals surface area contributed by atoms with Gasteiger partial charge < -0.3 is 30.7 Å². The Morgan fingerprint density at radius 3 is 2.41 bits per heavy atom. The number of esters is 1. The van der Waals surface area contributed by atoms with Gasteiger partial charge in [-0.25, -0.2) is 4.98 Å². The lowest BCUT2D eigenvalue weighted by atomic mass is 9.48. The van der Waals surface area contributed by atoms with E-state index in [1.165, 1.54) is 27.3 Å². The Labute approximate surface area is 264 Å². The summed E-state index contributed by atoms with van der Waals surface area (Å²) in [6.45, 7) is 1.68. The first-order chi connectivity index (χ1) is 21.9. The van der Waals surface area contributed by atoms with Gasteiger partial charge in [-0.1, -0.05) is 12.1 Å². The van der Waals surface area contributed by atoms with Gasteiger partial charge >= 0.3 is 12.1 Å². The molecule has 4 fully saturated rings. The van der Waals surface area contributed by atoms with Gasteiger partial charge in [-0.2, -0.15) is 18.2 Å². The summed E-state index contributed by atoms with van der Waals surface area (Å²) in [6, 6.07) is 10.5. The molecule has 0 aliphatic heterocycles. The molecule has 1 aromatic heterocycles. The third-order valence-electron chi connectivity index (χ3n) is 9.75. The Morgan fingerprint density at radius 2 is 1.76 bits per heavy atom. The van der Waals surface area contributed by atoms with Gasteiger partial charge in [-0.05, 0) is 80.5 Å². The molecule has 2 aromatic carbocycles. The Morgan fingerprint density at radius 1 is 1.02 bits per heavy atom. The van der Waals surface area contributed by atoms with Crippen LogP contribution in [0.25, 0.3) is 0 Å². The van der Waals surface area contributed by atoms with Gasteiger partial charge in [0.2, 0.25) is 5.95 Å². The zero-order valence-electron chi connectivity index (χ0n) is 26.0. The van der Waals surface area contributed by atoms with E-state index in [2.05, 4.69) is 31.2 Å². The number of carbonyl (C=O) groups is 2. The van der Waals surface area contributed by atoms with Gasteiger partial charge in [0.1, 0.15) is 17.1 Å². The van der Waals surface area contributed by atoms with Crippen LogP contribution in [0.1, 0.15) is 53.6 Å². The zero-order valence-corrected chi connectivity index (χ0v) is 26.0. The number of carbonyl (C=O) groups excluding carboxylic acids is 2. The largest absolute Gasteiger partial charge is 0.494 e. The molecular weight excluding hydrogens is 601 g/mol. The number of nitrogens with zero attached hydrogens (tertiary/aromatic N) is 2. The fourth-order valence-electron chi connectivity index (χ4n) is 7.94. The lowest BCUT2D eigenvalue weighted by Gasteiger charge is -2.58. The Bertz CT molecular complexity index is 1650. The molecule has 4 bridgehead atoms. The van der Waals surface area contributed by atoms with E-state index in [1.807, 2.05) is 12.1 Å². The summed E-state index contributed by atoms with van der Waals surface area (Å²) in [5.41, 5.74) is 0.778. The SMILES string of the molecule is CNC(=O)c1cccc(C)c1Nc1nc(Nc2ccc(NC3C4CC5CC3CC(C(=O)OC)(C5)C4)cc2OC)ncc1C(F)(F)F. The molecular formula is C33H37F3N6O4. The molecule has 4 N–H and O–H groups in total. The van der Waals surface area contributed by atoms with Gasteiger partial charge in [0, 0.05) is 31.0 Å². The highest BCUT2D eigenvalue weighted by Crippen LogP contribution is 2.61. The highest BCUT2D eigenvalue weighted by Gasteiger charge is 2.59.